The van der Waals surface area contributed by atoms with E-state index < -0.39 is 0 Å². The van der Waals surface area contributed by atoms with Crippen molar-refractivity contribution in [3.8, 4) is 0 Å². The lowest BCUT2D eigenvalue weighted by atomic mass is 9.91. The molecule has 7 nitrogen and oxygen atoms in total. The van der Waals surface area contributed by atoms with Crippen LogP contribution >= 0.6 is 0 Å². The highest BCUT2D eigenvalue weighted by Crippen LogP contribution is 2.27. The number of benzene rings is 1. The van der Waals surface area contributed by atoms with Gasteiger partial charge in [-0.3, -0.25) is 9.78 Å². The van der Waals surface area contributed by atoms with Crippen molar-refractivity contribution in [1.82, 2.24) is 20.0 Å². The van der Waals surface area contributed by atoms with Gasteiger partial charge in [0, 0.05) is 55.8 Å². The van der Waals surface area contributed by atoms with Crippen molar-refractivity contribution >= 4 is 16.8 Å². The van der Waals surface area contributed by atoms with Crippen molar-refractivity contribution in [2.75, 3.05) is 26.3 Å². The van der Waals surface area contributed by atoms with Gasteiger partial charge in [0.25, 0.3) is 5.91 Å². The van der Waals surface area contributed by atoms with Crippen molar-refractivity contribution in [2.24, 2.45) is 5.92 Å². The molecule has 1 aromatic carbocycles. The Hall–Kier alpha value is -2.80. The van der Waals surface area contributed by atoms with E-state index in [1.807, 2.05) is 35.2 Å². The van der Waals surface area contributed by atoms with Crippen LogP contribution in [0.1, 0.15) is 60.1 Å². The zero-order valence-corrected chi connectivity index (χ0v) is 17.7. The standard InChI is InChI=1S/C24H28N4O3/c29-24(20-4-5-21-19(16-20)2-1-11-25-21)28-12-7-17(8-13-28)3-6-22-26-23(31-27-22)18-9-14-30-15-10-18/h1-2,4-5,11,16-18H,3,6-10,12-15H2. The summed E-state index contributed by atoms with van der Waals surface area (Å²) in [6.07, 6.45) is 7.61. The van der Waals surface area contributed by atoms with Crippen molar-refractivity contribution in [3.63, 3.8) is 0 Å². The number of amides is 1. The number of pyridine rings is 1. The minimum absolute atomic E-state index is 0.114. The number of piperidine rings is 1. The average Bonchev–Trinajstić information content (AvgIpc) is 3.32. The van der Waals surface area contributed by atoms with Gasteiger partial charge in [-0.1, -0.05) is 11.2 Å². The van der Waals surface area contributed by atoms with Gasteiger partial charge in [0.05, 0.1) is 5.52 Å². The molecule has 0 aliphatic carbocycles. The number of nitrogens with zero attached hydrogens (tertiary/aromatic N) is 4. The molecule has 2 fully saturated rings. The second-order valence-electron chi connectivity index (χ2n) is 8.62. The van der Waals surface area contributed by atoms with Gasteiger partial charge in [-0.25, -0.2) is 0 Å². The maximum Gasteiger partial charge on any atom is 0.253 e. The van der Waals surface area contributed by atoms with Crippen molar-refractivity contribution in [2.45, 2.75) is 44.4 Å². The summed E-state index contributed by atoms with van der Waals surface area (Å²) >= 11 is 0. The summed E-state index contributed by atoms with van der Waals surface area (Å²) in [5.41, 5.74) is 1.66. The number of ether oxygens (including phenoxy) is 1. The SMILES string of the molecule is O=C(c1ccc2ncccc2c1)N1CCC(CCc2noc(C3CCOCC3)n2)CC1. The van der Waals surface area contributed by atoms with Crippen LogP contribution in [0.3, 0.4) is 0 Å². The molecule has 5 rings (SSSR count). The number of hydrogen-bond donors (Lipinski definition) is 0. The number of likely N-dealkylation sites (tertiary alicyclic amines) is 1. The maximum atomic E-state index is 12.9. The topological polar surface area (TPSA) is 81.4 Å². The highest BCUT2D eigenvalue weighted by Gasteiger charge is 2.25. The highest BCUT2D eigenvalue weighted by atomic mass is 16.5. The Morgan fingerprint density at radius 1 is 1.10 bits per heavy atom. The number of carbonyl (C=O) groups excluding carboxylic acids is 1. The molecule has 4 heterocycles. The number of fused-ring (bicyclic) bond motifs is 1. The predicted molar refractivity (Wildman–Crippen MR) is 116 cm³/mol. The van der Waals surface area contributed by atoms with Crippen LogP contribution in [-0.4, -0.2) is 52.2 Å². The maximum absolute atomic E-state index is 12.9. The zero-order chi connectivity index (χ0) is 21.0. The van der Waals surface area contributed by atoms with E-state index >= 15 is 0 Å². The number of aryl methyl sites for hydroxylation is 1. The first kappa shape index (κ1) is 20.1. The average molecular weight is 421 g/mol. The van der Waals surface area contributed by atoms with Crippen LogP contribution in [0.25, 0.3) is 10.9 Å². The minimum Gasteiger partial charge on any atom is -0.381 e. The first-order valence-electron chi connectivity index (χ1n) is 11.3. The van der Waals surface area contributed by atoms with Crippen LogP contribution in [0.2, 0.25) is 0 Å². The molecule has 0 spiro atoms. The van der Waals surface area contributed by atoms with Crippen LogP contribution in [0.5, 0.6) is 0 Å². The fourth-order valence-electron chi connectivity index (χ4n) is 4.63. The summed E-state index contributed by atoms with van der Waals surface area (Å²) in [6, 6.07) is 9.66. The third kappa shape index (κ3) is 4.61. The van der Waals surface area contributed by atoms with E-state index in [-0.39, 0.29) is 5.91 Å². The van der Waals surface area contributed by atoms with E-state index in [1.54, 1.807) is 6.20 Å². The molecule has 0 atom stereocenters. The molecule has 2 aliphatic rings. The molecule has 2 aliphatic heterocycles. The van der Waals surface area contributed by atoms with E-state index in [2.05, 4.69) is 15.1 Å². The van der Waals surface area contributed by atoms with Crippen LogP contribution in [0.15, 0.2) is 41.1 Å². The second kappa shape index (κ2) is 9.14. The fourth-order valence-corrected chi connectivity index (χ4v) is 4.63. The smallest absolute Gasteiger partial charge is 0.253 e. The fraction of sp³-hybridized carbons (Fsp3) is 0.500. The molecule has 0 unspecified atom stereocenters. The Morgan fingerprint density at radius 3 is 2.77 bits per heavy atom. The Kier molecular flexibility index (Phi) is 5.93. The van der Waals surface area contributed by atoms with Gasteiger partial charge in [-0.05, 0) is 62.3 Å². The van der Waals surface area contributed by atoms with Crippen LogP contribution in [0, 0.1) is 5.92 Å². The Labute approximate surface area is 181 Å². The van der Waals surface area contributed by atoms with Gasteiger partial charge in [0.1, 0.15) is 0 Å². The molecule has 3 aromatic rings. The molecule has 7 heteroatoms. The molecular weight excluding hydrogens is 392 g/mol. The Morgan fingerprint density at radius 2 is 1.94 bits per heavy atom. The first-order chi connectivity index (χ1) is 15.3. The number of aromatic nitrogens is 3. The van der Waals surface area contributed by atoms with Crippen molar-refractivity contribution in [3.05, 3.63) is 53.8 Å². The van der Waals surface area contributed by atoms with Crippen molar-refractivity contribution < 1.29 is 14.1 Å². The predicted octanol–water partition coefficient (Wildman–Crippen LogP) is 4.00. The molecule has 162 valence electrons. The van der Waals surface area contributed by atoms with E-state index in [9.17, 15) is 4.79 Å². The number of carbonyl (C=O) groups is 1. The molecule has 2 saturated heterocycles. The van der Waals surface area contributed by atoms with E-state index in [4.69, 9.17) is 9.26 Å². The molecule has 0 radical (unpaired) electrons. The van der Waals surface area contributed by atoms with Crippen LogP contribution in [-0.2, 0) is 11.2 Å². The third-order valence-electron chi connectivity index (χ3n) is 6.58. The van der Waals surface area contributed by atoms with Gasteiger partial charge < -0.3 is 14.2 Å². The number of hydrogen-bond acceptors (Lipinski definition) is 6. The summed E-state index contributed by atoms with van der Waals surface area (Å²) in [5.74, 6) is 2.63. The molecule has 0 saturated carbocycles. The molecule has 0 N–H and O–H groups in total. The molecule has 31 heavy (non-hydrogen) atoms. The normalized spacial score (nSPS) is 18.5. The van der Waals surface area contributed by atoms with Crippen molar-refractivity contribution in [1.29, 1.82) is 0 Å². The lowest BCUT2D eigenvalue weighted by Crippen LogP contribution is -2.38. The van der Waals surface area contributed by atoms with E-state index in [0.717, 1.165) is 93.0 Å². The lowest BCUT2D eigenvalue weighted by molar-refractivity contribution is 0.0686. The summed E-state index contributed by atoms with van der Waals surface area (Å²) in [5, 5.41) is 5.19. The summed E-state index contributed by atoms with van der Waals surface area (Å²) in [4.78, 5) is 23.9. The molecular formula is C24H28N4O3. The van der Waals surface area contributed by atoms with Crippen LogP contribution < -0.4 is 0 Å². The molecule has 2 aromatic heterocycles. The van der Waals surface area contributed by atoms with Gasteiger partial charge in [-0.2, -0.15) is 4.98 Å². The summed E-state index contributed by atoms with van der Waals surface area (Å²) < 4.78 is 10.9. The largest absolute Gasteiger partial charge is 0.381 e. The third-order valence-corrected chi connectivity index (χ3v) is 6.58. The molecule has 0 bridgehead atoms. The minimum atomic E-state index is 0.114. The second-order valence-corrected chi connectivity index (χ2v) is 8.62. The Balaban J connectivity index is 1.12. The summed E-state index contributed by atoms with van der Waals surface area (Å²) in [7, 11) is 0. The highest BCUT2D eigenvalue weighted by molar-refractivity contribution is 5.97. The van der Waals surface area contributed by atoms with Crippen LogP contribution in [0.4, 0.5) is 0 Å². The van der Waals surface area contributed by atoms with Gasteiger partial charge in [-0.15, -0.1) is 0 Å². The van der Waals surface area contributed by atoms with Gasteiger partial charge >= 0.3 is 0 Å². The van der Waals surface area contributed by atoms with Gasteiger partial charge in [0.15, 0.2) is 5.82 Å². The van der Waals surface area contributed by atoms with Gasteiger partial charge in [0.2, 0.25) is 5.89 Å². The lowest BCUT2D eigenvalue weighted by Gasteiger charge is -2.32. The first-order valence-corrected chi connectivity index (χ1v) is 11.3. The van der Waals surface area contributed by atoms with E-state index in [1.165, 1.54) is 0 Å². The molecule has 1 amide bonds. The summed E-state index contributed by atoms with van der Waals surface area (Å²) in [6.45, 7) is 3.15. The monoisotopic (exact) mass is 420 g/mol. The Bertz CT molecular complexity index is 1040. The number of rotatable bonds is 5. The zero-order valence-electron chi connectivity index (χ0n) is 17.7. The van der Waals surface area contributed by atoms with E-state index in [0.29, 0.717) is 11.8 Å². The quantitative estimate of drug-likeness (QED) is 0.621.